The minimum Gasteiger partial charge on any atom is -0.480 e. The van der Waals surface area contributed by atoms with Gasteiger partial charge in [0.2, 0.25) is 0 Å². The molecule has 0 heterocycles. The highest BCUT2D eigenvalue weighted by molar-refractivity contribution is 14.1. The third-order valence-corrected chi connectivity index (χ3v) is 3.89. The van der Waals surface area contributed by atoms with E-state index in [0.29, 0.717) is 11.3 Å². The fourth-order valence-electron chi connectivity index (χ4n) is 1.29. The van der Waals surface area contributed by atoms with E-state index in [0.717, 1.165) is 8.04 Å². The Balaban J connectivity index is 2.86. The minimum atomic E-state index is -1.05. The number of carbonyl (C=O) groups excluding carboxylic acids is 1. The average Bonchev–Trinajstić information content (AvgIpc) is 2.31. The van der Waals surface area contributed by atoms with Crippen LogP contribution in [0.15, 0.2) is 22.7 Å². The van der Waals surface area contributed by atoms with Crippen LogP contribution >= 0.6 is 51.1 Å². The number of thiol groups is 1. The van der Waals surface area contributed by atoms with Gasteiger partial charge >= 0.3 is 5.97 Å². The number of nitrogens with one attached hydrogen (secondary N) is 1. The summed E-state index contributed by atoms with van der Waals surface area (Å²) in [6.07, 6.45) is 0.286. The zero-order valence-corrected chi connectivity index (χ0v) is 13.8. The van der Waals surface area contributed by atoms with Crippen molar-refractivity contribution in [2.45, 2.75) is 12.5 Å². The SMILES string of the molecule is O=C(NC(CCS)C(=O)O)c1cc(Br)ccc1I. The zero-order chi connectivity index (χ0) is 13.7. The summed E-state index contributed by atoms with van der Waals surface area (Å²) in [7, 11) is 0. The molecule has 2 N–H and O–H groups in total. The van der Waals surface area contributed by atoms with Crippen LogP contribution in [0.1, 0.15) is 16.8 Å². The lowest BCUT2D eigenvalue weighted by Gasteiger charge is -2.14. The van der Waals surface area contributed by atoms with E-state index in [1.807, 2.05) is 28.7 Å². The van der Waals surface area contributed by atoms with Crippen LogP contribution in [-0.2, 0) is 4.79 Å². The fourth-order valence-corrected chi connectivity index (χ4v) is 2.49. The highest BCUT2D eigenvalue weighted by atomic mass is 127. The third-order valence-electron chi connectivity index (χ3n) is 2.19. The molecule has 0 radical (unpaired) electrons. The van der Waals surface area contributed by atoms with Crippen LogP contribution in [0, 0.1) is 3.57 Å². The molecule has 7 heteroatoms. The number of aliphatic carboxylic acids is 1. The van der Waals surface area contributed by atoms with Crippen LogP contribution < -0.4 is 5.32 Å². The van der Waals surface area contributed by atoms with Crippen molar-refractivity contribution in [2.24, 2.45) is 0 Å². The van der Waals surface area contributed by atoms with Gasteiger partial charge in [0.1, 0.15) is 6.04 Å². The zero-order valence-electron chi connectivity index (χ0n) is 9.19. The van der Waals surface area contributed by atoms with Gasteiger partial charge in [0, 0.05) is 8.04 Å². The summed E-state index contributed by atoms with van der Waals surface area (Å²) in [5.41, 5.74) is 0.454. The molecule has 0 aliphatic heterocycles. The average molecular weight is 444 g/mol. The first-order valence-corrected chi connectivity index (χ1v) is 7.55. The molecular weight excluding hydrogens is 433 g/mol. The molecule has 0 saturated carbocycles. The number of carboxylic acid groups (broad SMARTS) is 1. The monoisotopic (exact) mass is 443 g/mol. The molecule has 1 rings (SSSR count). The van der Waals surface area contributed by atoms with Crippen molar-refractivity contribution < 1.29 is 14.7 Å². The summed E-state index contributed by atoms with van der Waals surface area (Å²) in [6, 6.07) is 4.36. The van der Waals surface area contributed by atoms with Gasteiger partial charge in [-0.05, 0) is 53.0 Å². The summed E-state index contributed by atoms with van der Waals surface area (Å²) in [5.74, 6) is -1.05. The van der Waals surface area contributed by atoms with Gasteiger partial charge in [-0.1, -0.05) is 15.9 Å². The molecule has 18 heavy (non-hydrogen) atoms. The Bertz CT molecular complexity index is 470. The van der Waals surface area contributed by atoms with Gasteiger partial charge in [-0.2, -0.15) is 12.6 Å². The van der Waals surface area contributed by atoms with Crippen LogP contribution in [0.5, 0.6) is 0 Å². The Kier molecular flexibility index (Phi) is 6.44. The van der Waals surface area contributed by atoms with Gasteiger partial charge in [0.25, 0.3) is 5.91 Å². The lowest BCUT2D eigenvalue weighted by Crippen LogP contribution is -2.41. The summed E-state index contributed by atoms with van der Waals surface area (Å²) < 4.78 is 1.54. The quantitative estimate of drug-likeness (QED) is 0.484. The van der Waals surface area contributed by atoms with Crippen molar-refractivity contribution in [3.8, 4) is 0 Å². The Labute approximate surface area is 132 Å². The molecule has 0 aromatic heterocycles. The Morgan fingerprint density at radius 3 is 2.72 bits per heavy atom. The number of hydrogen-bond donors (Lipinski definition) is 3. The summed E-state index contributed by atoms with van der Waals surface area (Å²) in [4.78, 5) is 22.9. The van der Waals surface area contributed by atoms with Gasteiger partial charge in [-0.25, -0.2) is 4.79 Å². The second kappa shape index (κ2) is 7.34. The summed E-state index contributed by atoms with van der Waals surface area (Å²) >= 11 is 9.29. The first kappa shape index (κ1) is 15.8. The highest BCUT2D eigenvalue weighted by Gasteiger charge is 2.20. The van der Waals surface area contributed by atoms with E-state index in [9.17, 15) is 9.59 Å². The Morgan fingerprint density at radius 2 is 2.17 bits per heavy atom. The lowest BCUT2D eigenvalue weighted by molar-refractivity contribution is -0.139. The van der Waals surface area contributed by atoms with Crippen LogP contribution in [0.3, 0.4) is 0 Å². The molecule has 1 aromatic rings. The van der Waals surface area contributed by atoms with Gasteiger partial charge in [0.15, 0.2) is 0 Å². The van der Waals surface area contributed by atoms with E-state index in [1.165, 1.54) is 0 Å². The maximum Gasteiger partial charge on any atom is 0.326 e. The molecule has 4 nitrogen and oxygen atoms in total. The van der Waals surface area contributed by atoms with Gasteiger partial charge in [-0.15, -0.1) is 0 Å². The molecule has 1 amide bonds. The molecule has 0 aliphatic rings. The molecule has 0 aliphatic carbocycles. The molecule has 0 bridgehead atoms. The maximum absolute atomic E-state index is 12.0. The molecule has 98 valence electrons. The highest BCUT2D eigenvalue weighted by Crippen LogP contribution is 2.18. The topological polar surface area (TPSA) is 66.4 Å². The Morgan fingerprint density at radius 1 is 1.50 bits per heavy atom. The van der Waals surface area contributed by atoms with E-state index in [1.54, 1.807) is 12.1 Å². The van der Waals surface area contributed by atoms with Gasteiger partial charge < -0.3 is 10.4 Å². The van der Waals surface area contributed by atoms with Crippen molar-refractivity contribution in [2.75, 3.05) is 5.75 Å². The first-order chi connectivity index (χ1) is 8.45. The van der Waals surface area contributed by atoms with E-state index in [-0.39, 0.29) is 6.42 Å². The number of carboxylic acids is 1. The van der Waals surface area contributed by atoms with Crippen molar-refractivity contribution in [1.82, 2.24) is 5.32 Å². The second-order valence-electron chi connectivity index (χ2n) is 3.50. The van der Waals surface area contributed by atoms with Crippen molar-refractivity contribution >= 4 is 63.0 Å². The maximum atomic E-state index is 12.0. The number of hydrogen-bond acceptors (Lipinski definition) is 3. The van der Waals surface area contributed by atoms with Gasteiger partial charge in [0.05, 0.1) is 5.56 Å². The molecule has 1 aromatic carbocycles. The van der Waals surface area contributed by atoms with Crippen LogP contribution in [-0.4, -0.2) is 28.8 Å². The molecule has 0 saturated heterocycles. The molecule has 1 unspecified atom stereocenters. The Hall–Kier alpha value is -0.280. The standard InChI is InChI=1S/C11H11BrINO3S/c12-6-1-2-8(13)7(5-6)10(15)14-9(3-4-18)11(16)17/h1-2,5,9,18H,3-4H2,(H,14,15)(H,16,17). The molecule has 1 atom stereocenters. The number of amides is 1. The van der Waals surface area contributed by atoms with E-state index in [2.05, 4.69) is 33.9 Å². The smallest absolute Gasteiger partial charge is 0.326 e. The minimum absolute atomic E-state index is 0.286. The number of halogens is 2. The van der Waals surface area contributed by atoms with Crippen molar-refractivity contribution in [1.29, 1.82) is 0 Å². The van der Waals surface area contributed by atoms with E-state index >= 15 is 0 Å². The number of rotatable bonds is 5. The third kappa shape index (κ3) is 4.43. The second-order valence-corrected chi connectivity index (χ2v) is 6.03. The summed E-state index contributed by atoms with van der Waals surface area (Å²) in [5, 5.41) is 11.5. The fraction of sp³-hybridized carbons (Fsp3) is 0.273. The predicted molar refractivity (Wildman–Crippen MR) is 84.2 cm³/mol. The lowest BCUT2D eigenvalue weighted by atomic mass is 10.1. The molecule has 0 spiro atoms. The first-order valence-electron chi connectivity index (χ1n) is 5.05. The van der Waals surface area contributed by atoms with Crippen molar-refractivity contribution in [3.05, 3.63) is 31.8 Å². The number of carbonyl (C=O) groups is 2. The largest absolute Gasteiger partial charge is 0.480 e. The number of benzene rings is 1. The van der Waals surface area contributed by atoms with Crippen molar-refractivity contribution in [3.63, 3.8) is 0 Å². The van der Waals surface area contributed by atoms with Gasteiger partial charge in [-0.3, -0.25) is 4.79 Å². The van der Waals surface area contributed by atoms with E-state index in [4.69, 9.17) is 5.11 Å². The normalized spacial score (nSPS) is 11.9. The van der Waals surface area contributed by atoms with Crippen LogP contribution in [0.25, 0.3) is 0 Å². The summed E-state index contributed by atoms with van der Waals surface area (Å²) in [6.45, 7) is 0. The van der Waals surface area contributed by atoms with Crippen LogP contribution in [0.4, 0.5) is 0 Å². The molecular formula is C11H11BrINO3S. The molecule has 0 fully saturated rings. The predicted octanol–water partition coefficient (Wildman–Crippen LogP) is 2.56. The van der Waals surface area contributed by atoms with Crippen LogP contribution in [0.2, 0.25) is 0 Å². The van der Waals surface area contributed by atoms with E-state index < -0.39 is 17.9 Å².